The maximum Gasteiger partial charge on any atom is 0.407 e. The van der Waals surface area contributed by atoms with Gasteiger partial charge in [0.15, 0.2) is 0 Å². The minimum atomic E-state index is -0.666. The van der Waals surface area contributed by atoms with Crippen molar-refractivity contribution in [3.8, 4) is 5.75 Å². The molecule has 12 heteroatoms. The number of ether oxygens (including phenoxy) is 2. The Morgan fingerprint density at radius 1 is 1.02 bits per heavy atom. The molecule has 1 saturated carbocycles. The van der Waals surface area contributed by atoms with Crippen LogP contribution in [0.3, 0.4) is 0 Å². The molecular formula is C31H37N5O7. The fraction of sp³-hybridized carbons (Fsp3) is 0.452. The zero-order valence-electron chi connectivity index (χ0n) is 24.5. The summed E-state index contributed by atoms with van der Waals surface area (Å²) in [6, 6.07) is 11.4. The van der Waals surface area contributed by atoms with E-state index in [1.165, 1.54) is 4.90 Å². The van der Waals surface area contributed by atoms with E-state index in [4.69, 9.17) is 9.47 Å². The predicted octanol–water partition coefficient (Wildman–Crippen LogP) is 3.45. The van der Waals surface area contributed by atoms with E-state index < -0.39 is 23.6 Å². The van der Waals surface area contributed by atoms with Crippen LogP contribution in [0.1, 0.15) is 67.9 Å². The van der Waals surface area contributed by atoms with Gasteiger partial charge in [-0.25, -0.2) is 9.59 Å². The highest BCUT2D eigenvalue weighted by Gasteiger charge is 2.39. The van der Waals surface area contributed by atoms with Gasteiger partial charge in [-0.05, 0) is 87.4 Å². The van der Waals surface area contributed by atoms with Gasteiger partial charge in [-0.3, -0.25) is 19.7 Å². The number of imide groups is 1. The number of alkyl carbamates (subject to hydrolysis) is 1. The third-order valence-electron chi connectivity index (χ3n) is 7.58. The predicted molar refractivity (Wildman–Crippen MR) is 156 cm³/mol. The van der Waals surface area contributed by atoms with Gasteiger partial charge < -0.3 is 30.3 Å². The number of urea groups is 1. The highest BCUT2D eigenvalue weighted by Crippen LogP contribution is 2.32. The molecule has 6 amide bonds. The smallest absolute Gasteiger partial charge is 0.407 e. The van der Waals surface area contributed by atoms with Crippen LogP contribution in [0.4, 0.5) is 15.3 Å². The van der Waals surface area contributed by atoms with Crippen molar-refractivity contribution in [2.75, 3.05) is 11.9 Å². The second kappa shape index (κ2) is 12.3. The molecule has 2 aromatic rings. The molecular weight excluding hydrogens is 554 g/mol. The molecule has 1 unspecified atom stereocenters. The molecule has 43 heavy (non-hydrogen) atoms. The lowest BCUT2D eigenvalue weighted by Crippen LogP contribution is -2.52. The Hall–Kier alpha value is -4.61. The van der Waals surface area contributed by atoms with Crippen molar-refractivity contribution in [2.45, 2.75) is 77.3 Å². The minimum absolute atomic E-state index is 0.0752. The van der Waals surface area contributed by atoms with E-state index in [1.807, 2.05) is 26.8 Å². The van der Waals surface area contributed by atoms with Gasteiger partial charge in [-0.15, -0.1) is 0 Å². The van der Waals surface area contributed by atoms with E-state index in [0.29, 0.717) is 35.9 Å². The van der Waals surface area contributed by atoms with Crippen LogP contribution >= 0.6 is 0 Å². The molecule has 2 aromatic carbocycles. The van der Waals surface area contributed by atoms with E-state index in [9.17, 15) is 24.0 Å². The van der Waals surface area contributed by atoms with E-state index in [1.54, 1.807) is 36.4 Å². The Morgan fingerprint density at radius 2 is 1.77 bits per heavy atom. The van der Waals surface area contributed by atoms with Crippen LogP contribution in [-0.4, -0.2) is 59.0 Å². The van der Waals surface area contributed by atoms with Gasteiger partial charge in [-0.1, -0.05) is 12.1 Å². The number of carbonyl (C=O) groups is 5. The molecule has 12 nitrogen and oxygen atoms in total. The molecule has 1 saturated heterocycles. The fourth-order valence-corrected chi connectivity index (χ4v) is 5.38. The number of fused-ring (bicyclic) bond motifs is 1. The number of amides is 6. The normalized spacial score (nSPS) is 21.3. The van der Waals surface area contributed by atoms with Crippen LogP contribution in [0.15, 0.2) is 42.5 Å². The van der Waals surface area contributed by atoms with E-state index in [0.717, 1.165) is 24.0 Å². The van der Waals surface area contributed by atoms with Crippen molar-refractivity contribution >= 4 is 35.5 Å². The number of hydrogen-bond acceptors (Lipinski definition) is 7. The summed E-state index contributed by atoms with van der Waals surface area (Å²) in [6.45, 7) is 6.56. The molecule has 5 rings (SSSR count). The molecule has 0 bridgehead atoms. The molecule has 3 aliphatic rings. The standard InChI is InChI=1S/C31H37N5O7/c1-31(2,3)43-30(41)33-16-19-13-23(14-19)42-22-7-5-21(6-8-22)34-29(40)32-15-18-4-9-24-20(12-18)17-36(28(24)39)25-10-11-26(37)35-27(25)38/h4-9,12,19,23,25H,10-11,13-17H2,1-3H3,(H,33,41)(H2,32,34,40)(H,35,37,38). The number of hydrogen-bond donors (Lipinski definition) is 4. The first-order valence-electron chi connectivity index (χ1n) is 14.5. The Balaban J connectivity index is 1.03. The minimum Gasteiger partial charge on any atom is -0.490 e. The molecule has 228 valence electrons. The van der Waals surface area contributed by atoms with Crippen LogP contribution in [-0.2, 0) is 27.4 Å². The van der Waals surface area contributed by atoms with Crippen molar-refractivity contribution in [1.82, 2.24) is 20.9 Å². The summed E-state index contributed by atoms with van der Waals surface area (Å²) in [6.07, 6.45) is 1.85. The van der Waals surface area contributed by atoms with Crippen molar-refractivity contribution in [3.63, 3.8) is 0 Å². The second-order valence-corrected chi connectivity index (χ2v) is 12.2. The van der Waals surface area contributed by atoms with Crippen LogP contribution in [0.2, 0.25) is 0 Å². The molecule has 2 aliphatic heterocycles. The third kappa shape index (κ3) is 7.62. The summed E-state index contributed by atoms with van der Waals surface area (Å²) < 4.78 is 11.3. The summed E-state index contributed by atoms with van der Waals surface area (Å²) in [4.78, 5) is 62.4. The molecule has 1 aliphatic carbocycles. The van der Waals surface area contributed by atoms with Gasteiger partial charge in [0.2, 0.25) is 11.8 Å². The van der Waals surface area contributed by atoms with Crippen LogP contribution in [0, 0.1) is 5.92 Å². The van der Waals surface area contributed by atoms with Gasteiger partial charge in [0.25, 0.3) is 5.91 Å². The van der Waals surface area contributed by atoms with Crippen LogP contribution < -0.4 is 26.0 Å². The van der Waals surface area contributed by atoms with Crippen molar-refractivity contribution in [1.29, 1.82) is 0 Å². The lowest BCUT2D eigenvalue weighted by atomic mass is 9.82. The monoisotopic (exact) mass is 591 g/mol. The SMILES string of the molecule is CC(C)(C)OC(=O)NCC1CC(Oc2ccc(NC(=O)NCc3ccc4c(c3)CN(C3CCC(=O)NC3=O)C4=O)cc2)C1. The number of rotatable bonds is 8. The number of carbonyl (C=O) groups excluding carboxylic acids is 5. The zero-order valence-corrected chi connectivity index (χ0v) is 24.5. The van der Waals surface area contributed by atoms with Crippen LogP contribution in [0.5, 0.6) is 5.75 Å². The number of nitrogens with zero attached hydrogens (tertiary/aromatic N) is 1. The van der Waals surface area contributed by atoms with Gasteiger partial charge >= 0.3 is 12.1 Å². The zero-order chi connectivity index (χ0) is 30.7. The molecule has 2 fully saturated rings. The third-order valence-corrected chi connectivity index (χ3v) is 7.58. The van der Waals surface area contributed by atoms with Crippen molar-refractivity contribution < 1.29 is 33.4 Å². The largest absolute Gasteiger partial charge is 0.490 e. The summed E-state index contributed by atoms with van der Waals surface area (Å²) >= 11 is 0. The number of piperidine rings is 1. The van der Waals surface area contributed by atoms with Gasteiger partial charge in [0, 0.05) is 37.3 Å². The summed E-state index contributed by atoms with van der Waals surface area (Å²) in [7, 11) is 0. The maximum absolute atomic E-state index is 12.9. The molecule has 0 aromatic heterocycles. The first-order valence-corrected chi connectivity index (χ1v) is 14.5. The summed E-state index contributed by atoms with van der Waals surface area (Å²) in [5, 5.41) is 10.7. The molecule has 4 N–H and O–H groups in total. The summed E-state index contributed by atoms with van der Waals surface area (Å²) in [5.74, 6) is 0.0421. The number of anilines is 1. The van der Waals surface area contributed by atoms with E-state index in [2.05, 4.69) is 21.3 Å². The lowest BCUT2D eigenvalue weighted by molar-refractivity contribution is -0.136. The van der Waals surface area contributed by atoms with Crippen molar-refractivity contribution in [2.24, 2.45) is 5.92 Å². The topological polar surface area (TPSA) is 155 Å². The summed E-state index contributed by atoms with van der Waals surface area (Å²) in [5.41, 5.74) is 2.21. The first-order chi connectivity index (χ1) is 20.4. The average molecular weight is 592 g/mol. The number of benzene rings is 2. The Labute approximate surface area is 249 Å². The average Bonchev–Trinajstić information content (AvgIpc) is 3.24. The fourth-order valence-electron chi connectivity index (χ4n) is 5.38. The van der Waals surface area contributed by atoms with E-state index >= 15 is 0 Å². The maximum atomic E-state index is 12.9. The Morgan fingerprint density at radius 3 is 2.47 bits per heavy atom. The number of nitrogens with one attached hydrogen (secondary N) is 4. The Bertz CT molecular complexity index is 1410. The quantitative estimate of drug-likeness (QED) is 0.343. The van der Waals surface area contributed by atoms with Gasteiger partial charge in [0.05, 0.1) is 6.10 Å². The molecule has 0 spiro atoms. The van der Waals surface area contributed by atoms with Gasteiger partial charge in [0.1, 0.15) is 17.4 Å². The molecule has 1 atom stereocenters. The highest BCUT2D eigenvalue weighted by molar-refractivity contribution is 6.05. The highest BCUT2D eigenvalue weighted by atomic mass is 16.6. The van der Waals surface area contributed by atoms with Crippen molar-refractivity contribution in [3.05, 3.63) is 59.2 Å². The molecule has 2 heterocycles. The van der Waals surface area contributed by atoms with E-state index in [-0.39, 0.29) is 43.5 Å². The first kappa shape index (κ1) is 29.9. The van der Waals surface area contributed by atoms with Gasteiger partial charge in [-0.2, -0.15) is 0 Å². The Kier molecular flexibility index (Phi) is 8.56. The second-order valence-electron chi connectivity index (χ2n) is 12.2. The van der Waals surface area contributed by atoms with Crippen LogP contribution in [0.25, 0.3) is 0 Å². The molecule has 0 radical (unpaired) electrons. The lowest BCUT2D eigenvalue weighted by Gasteiger charge is -2.35.